The SMILES string of the molecule is CC(Nc1ccc([N+](=O)[O-])c(-c2ccccc2)n1)C1CCCO1. The summed E-state index contributed by atoms with van der Waals surface area (Å²) in [5.41, 5.74) is 1.11. The first kappa shape index (κ1) is 15.4. The Morgan fingerprint density at radius 3 is 2.74 bits per heavy atom. The molecule has 3 rings (SSSR count). The highest BCUT2D eigenvalue weighted by Gasteiger charge is 2.23. The molecule has 0 bridgehead atoms. The van der Waals surface area contributed by atoms with Crippen LogP contribution in [0, 0.1) is 10.1 Å². The van der Waals surface area contributed by atoms with Crippen LogP contribution in [0.4, 0.5) is 11.5 Å². The van der Waals surface area contributed by atoms with Crippen LogP contribution < -0.4 is 5.32 Å². The lowest BCUT2D eigenvalue weighted by molar-refractivity contribution is -0.384. The lowest BCUT2D eigenvalue weighted by Crippen LogP contribution is -2.30. The molecule has 1 aliphatic heterocycles. The van der Waals surface area contributed by atoms with Gasteiger partial charge in [0, 0.05) is 18.2 Å². The molecule has 2 aromatic rings. The van der Waals surface area contributed by atoms with Gasteiger partial charge in [0.25, 0.3) is 5.69 Å². The third kappa shape index (κ3) is 3.48. The van der Waals surface area contributed by atoms with Crippen molar-refractivity contribution in [3.8, 4) is 11.3 Å². The highest BCUT2D eigenvalue weighted by atomic mass is 16.6. The second-order valence-electron chi connectivity index (χ2n) is 5.67. The van der Waals surface area contributed by atoms with Crippen LogP contribution in [0.1, 0.15) is 19.8 Å². The Hall–Kier alpha value is -2.47. The molecule has 120 valence electrons. The maximum absolute atomic E-state index is 11.3. The van der Waals surface area contributed by atoms with E-state index in [9.17, 15) is 10.1 Å². The number of nitrogens with zero attached hydrogens (tertiary/aromatic N) is 2. The molecule has 6 nitrogen and oxygen atoms in total. The van der Waals surface area contributed by atoms with Crippen molar-refractivity contribution < 1.29 is 9.66 Å². The van der Waals surface area contributed by atoms with E-state index in [-0.39, 0.29) is 17.8 Å². The number of nitrogens with one attached hydrogen (secondary N) is 1. The third-order valence-corrected chi connectivity index (χ3v) is 4.02. The zero-order chi connectivity index (χ0) is 16.2. The van der Waals surface area contributed by atoms with Gasteiger partial charge < -0.3 is 10.1 Å². The van der Waals surface area contributed by atoms with Gasteiger partial charge in [0.15, 0.2) is 5.69 Å². The standard InChI is InChI=1S/C17H19N3O3/c1-12(15-8-5-11-23-15)18-16-10-9-14(20(21)22)17(19-16)13-6-3-2-4-7-13/h2-4,6-7,9-10,12,15H,5,8,11H2,1H3,(H,18,19). The minimum Gasteiger partial charge on any atom is -0.376 e. The number of aromatic nitrogens is 1. The summed E-state index contributed by atoms with van der Waals surface area (Å²) >= 11 is 0. The monoisotopic (exact) mass is 313 g/mol. The van der Waals surface area contributed by atoms with E-state index in [1.165, 1.54) is 6.07 Å². The molecule has 1 fully saturated rings. The molecule has 2 heterocycles. The van der Waals surface area contributed by atoms with Gasteiger partial charge >= 0.3 is 0 Å². The molecule has 23 heavy (non-hydrogen) atoms. The molecule has 2 atom stereocenters. The van der Waals surface area contributed by atoms with Crippen LogP contribution in [0.25, 0.3) is 11.3 Å². The maximum Gasteiger partial charge on any atom is 0.295 e. The number of rotatable bonds is 5. The number of hydrogen-bond donors (Lipinski definition) is 1. The molecular weight excluding hydrogens is 294 g/mol. The fourth-order valence-electron chi connectivity index (χ4n) is 2.81. The van der Waals surface area contributed by atoms with Crippen molar-refractivity contribution in [2.45, 2.75) is 31.9 Å². The summed E-state index contributed by atoms with van der Waals surface area (Å²) in [6, 6.07) is 12.5. The molecule has 1 aromatic carbocycles. The number of hydrogen-bond acceptors (Lipinski definition) is 5. The molecule has 0 radical (unpaired) electrons. The minimum atomic E-state index is -0.400. The van der Waals surface area contributed by atoms with Gasteiger partial charge in [0.1, 0.15) is 5.82 Å². The second-order valence-corrected chi connectivity index (χ2v) is 5.67. The molecule has 2 unspecified atom stereocenters. The van der Waals surface area contributed by atoms with Gasteiger partial charge in [0.05, 0.1) is 17.1 Å². The lowest BCUT2D eigenvalue weighted by Gasteiger charge is -2.20. The fraction of sp³-hybridized carbons (Fsp3) is 0.353. The Morgan fingerprint density at radius 2 is 2.09 bits per heavy atom. The molecule has 1 saturated heterocycles. The molecular formula is C17H19N3O3. The van der Waals surface area contributed by atoms with E-state index in [0.717, 1.165) is 25.0 Å². The lowest BCUT2D eigenvalue weighted by atomic mass is 10.1. The second kappa shape index (κ2) is 6.75. The van der Waals surface area contributed by atoms with Crippen molar-refractivity contribution in [2.24, 2.45) is 0 Å². The van der Waals surface area contributed by atoms with E-state index in [0.29, 0.717) is 11.5 Å². The Morgan fingerprint density at radius 1 is 1.30 bits per heavy atom. The van der Waals surface area contributed by atoms with Gasteiger partial charge in [-0.25, -0.2) is 4.98 Å². The summed E-state index contributed by atoms with van der Waals surface area (Å²) in [6.45, 7) is 2.83. The van der Waals surface area contributed by atoms with Crippen LogP contribution in [0.5, 0.6) is 0 Å². The third-order valence-electron chi connectivity index (χ3n) is 4.02. The molecule has 1 N–H and O–H groups in total. The number of anilines is 1. The predicted molar refractivity (Wildman–Crippen MR) is 88.4 cm³/mol. The van der Waals surface area contributed by atoms with E-state index in [4.69, 9.17) is 4.74 Å². The maximum atomic E-state index is 11.3. The summed E-state index contributed by atoms with van der Waals surface area (Å²) < 4.78 is 5.67. The highest BCUT2D eigenvalue weighted by molar-refractivity contribution is 5.71. The van der Waals surface area contributed by atoms with E-state index < -0.39 is 4.92 Å². The van der Waals surface area contributed by atoms with Crippen molar-refractivity contribution in [2.75, 3.05) is 11.9 Å². The number of nitro groups is 1. The molecule has 0 spiro atoms. The smallest absolute Gasteiger partial charge is 0.295 e. The topological polar surface area (TPSA) is 77.3 Å². The molecule has 6 heteroatoms. The van der Waals surface area contributed by atoms with Crippen molar-refractivity contribution in [1.29, 1.82) is 0 Å². The highest BCUT2D eigenvalue weighted by Crippen LogP contribution is 2.29. The van der Waals surface area contributed by atoms with Crippen molar-refractivity contribution in [3.05, 3.63) is 52.6 Å². The van der Waals surface area contributed by atoms with E-state index in [1.54, 1.807) is 6.07 Å². The van der Waals surface area contributed by atoms with Gasteiger partial charge in [-0.15, -0.1) is 0 Å². The van der Waals surface area contributed by atoms with Crippen LogP contribution in [0.3, 0.4) is 0 Å². The summed E-state index contributed by atoms with van der Waals surface area (Å²) in [5.74, 6) is 0.623. The Bertz CT molecular complexity index is 685. The van der Waals surface area contributed by atoms with Gasteiger partial charge in [0.2, 0.25) is 0 Å². The summed E-state index contributed by atoms with van der Waals surface area (Å²) in [5, 5.41) is 14.6. The summed E-state index contributed by atoms with van der Waals surface area (Å²) in [7, 11) is 0. The normalized spacial score (nSPS) is 18.6. The van der Waals surface area contributed by atoms with Gasteiger partial charge in [-0.2, -0.15) is 0 Å². The van der Waals surface area contributed by atoms with Crippen LogP contribution in [0.15, 0.2) is 42.5 Å². The largest absolute Gasteiger partial charge is 0.376 e. The fourth-order valence-corrected chi connectivity index (χ4v) is 2.81. The first-order chi connectivity index (χ1) is 11.1. The Kier molecular flexibility index (Phi) is 4.52. The average Bonchev–Trinajstić information content (AvgIpc) is 3.10. The first-order valence-corrected chi connectivity index (χ1v) is 7.74. The zero-order valence-electron chi connectivity index (χ0n) is 12.9. The van der Waals surface area contributed by atoms with Crippen molar-refractivity contribution in [1.82, 2.24) is 4.98 Å². The van der Waals surface area contributed by atoms with Gasteiger partial charge in [-0.1, -0.05) is 30.3 Å². The molecule has 1 aromatic heterocycles. The zero-order valence-corrected chi connectivity index (χ0v) is 12.9. The minimum absolute atomic E-state index is 0.00604. The Balaban J connectivity index is 1.89. The van der Waals surface area contributed by atoms with E-state index in [1.807, 2.05) is 37.3 Å². The predicted octanol–water partition coefficient (Wildman–Crippen LogP) is 3.64. The number of benzene rings is 1. The average molecular weight is 313 g/mol. The quantitative estimate of drug-likeness (QED) is 0.673. The number of pyridine rings is 1. The van der Waals surface area contributed by atoms with Crippen LogP contribution in [-0.2, 0) is 4.74 Å². The Labute approximate surface area is 134 Å². The van der Waals surface area contributed by atoms with E-state index in [2.05, 4.69) is 10.3 Å². The van der Waals surface area contributed by atoms with E-state index >= 15 is 0 Å². The van der Waals surface area contributed by atoms with Gasteiger partial charge in [-0.05, 0) is 25.8 Å². The first-order valence-electron chi connectivity index (χ1n) is 7.74. The molecule has 0 aliphatic carbocycles. The van der Waals surface area contributed by atoms with Crippen molar-refractivity contribution >= 4 is 11.5 Å². The van der Waals surface area contributed by atoms with Gasteiger partial charge in [-0.3, -0.25) is 10.1 Å². The molecule has 0 saturated carbocycles. The number of ether oxygens (including phenoxy) is 1. The molecule has 0 amide bonds. The van der Waals surface area contributed by atoms with Crippen molar-refractivity contribution in [3.63, 3.8) is 0 Å². The molecule has 1 aliphatic rings. The van der Waals surface area contributed by atoms with Crippen LogP contribution in [0.2, 0.25) is 0 Å². The summed E-state index contributed by atoms with van der Waals surface area (Å²) in [6.07, 6.45) is 2.25. The van der Waals surface area contributed by atoms with Crippen LogP contribution in [-0.4, -0.2) is 28.7 Å². The summed E-state index contributed by atoms with van der Waals surface area (Å²) in [4.78, 5) is 15.3. The van der Waals surface area contributed by atoms with Crippen LogP contribution >= 0.6 is 0 Å².